The Bertz CT molecular complexity index is 1000. The summed E-state index contributed by atoms with van der Waals surface area (Å²) < 4.78 is 5.69. The van der Waals surface area contributed by atoms with Gasteiger partial charge in [-0.1, -0.05) is 42.2 Å². The minimum absolute atomic E-state index is 0.0318. The van der Waals surface area contributed by atoms with Gasteiger partial charge in [0, 0.05) is 5.69 Å². The van der Waals surface area contributed by atoms with Gasteiger partial charge in [0.15, 0.2) is 11.5 Å². The number of hydrogen-bond acceptors (Lipinski definition) is 6. The maximum absolute atomic E-state index is 12.7. The van der Waals surface area contributed by atoms with E-state index in [1.807, 2.05) is 32.0 Å². The third kappa shape index (κ3) is 5.16. The molecule has 0 aromatic heterocycles. The molecule has 2 aromatic carbocycles. The van der Waals surface area contributed by atoms with E-state index in [4.69, 9.17) is 17.0 Å². The Morgan fingerprint density at radius 1 is 1.31 bits per heavy atom. The maximum Gasteiger partial charge on any atom is 0.266 e. The fourth-order valence-corrected chi connectivity index (χ4v) is 4.00. The molecule has 150 valence electrons. The number of anilines is 1. The van der Waals surface area contributed by atoms with Crippen molar-refractivity contribution < 1.29 is 19.4 Å². The number of aromatic hydroxyl groups is 1. The van der Waals surface area contributed by atoms with E-state index in [9.17, 15) is 14.7 Å². The van der Waals surface area contributed by atoms with Crippen LogP contribution in [0, 0.1) is 6.92 Å². The molecule has 2 aromatic rings. The zero-order valence-corrected chi connectivity index (χ0v) is 17.6. The number of phenols is 1. The predicted molar refractivity (Wildman–Crippen MR) is 119 cm³/mol. The Labute approximate surface area is 178 Å². The third-order valence-electron chi connectivity index (χ3n) is 4.06. The Morgan fingerprint density at radius 3 is 2.83 bits per heavy atom. The lowest BCUT2D eigenvalue weighted by Crippen LogP contribution is -2.36. The first kappa shape index (κ1) is 20.9. The molecule has 1 fully saturated rings. The van der Waals surface area contributed by atoms with E-state index in [0.717, 1.165) is 17.3 Å². The van der Waals surface area contributed by atoms with Crippen LogP contribution < -0.4 is 10.1 Å². The lowest BCUT2D eigenvalue weighted by atomic mass is 10.2. The molecular formula is C21H20N2O4S2. The Morgan fingerprint density at radius 2 is 2.10 bits per heavy atom. The standard InChI is InChI=1S/C21H20N2O4S2/c1-3-27-17-10-14(7-8-16(17)24)11-18-20(26)23(21(28)29-18)12-19(25)22-15-6-4-5-13(2)9-15/h4-11,24H,3,12H2,1-2H3,(H,22,25)/b18-11-. The van der Waals surface area contributed by atoms with E-state index in [1.165, 1.54) is 11.0 Å². The molecule has 0 atom stereocenters. The second-order valence-electron chi connectivity index (χ2n) is 6.35. The number of carbonyl (C=O) groups excluding carboxylic acids is 2. The quantitative estimate of drug-likeness (QED) is 0.536. The summed E-state index contributed by atoms with van der Waals surface area (Å²) in [5.41, 5.74) is 2.39. The highest BCUT2D eigenvalue weighted by Crippen LogP contribution is 2.34. The van der Waals surface area contributed by atoms with Crippen LogP contribution in [0.4, 0.5) is 5.69 Å². The maximum atomic E-state index is 12.7. The van der Waals surface area contributed by atoms with Gasteiger partial charge in [-0.15, -0.1) is 0 Å². The molecule has 2 amide bonds. The molecule has 1 aliphatic heterocycles. The lowest BCUT2D eigenvalue weighted by molar-refractivity contribution is -0.126. The normalized spacial score (nSPS) is 15.1. The Balaban J connectivity index is 1.71. The van der Waals surface area contributed by atoms with Gasteiger partial charge in [0.1, 0.15) is 10.9 Å². The van der Waals surface area contributed by atoms with Gasteiger partial charge in [0.05, 0.1) is 11.5 Å². The van der Waals surface area contributed by atoms with Crippen LogP contribution in [-0.2, 0) is 9.59 Å². The topological polar surface area (TPSA) is 78.9 Å². The van der Waals surface area contributed by atoms with Crippen molar-refractivity contribution >= 4 is 51.9 Å². The molecule has 1 saturated heterocycles. The van der Waals surface area contributed by atoms with E-state index in [-0.39, 0.29) is 24.1 Å². The summed E-state index contributed by atoms with van der Waals surface area (Å²) in [7, 11) is 0. The third-order valence-corrected chi connectivity index (χ3v) is 5.44. The number of phenolic OH excluding ortho intramolecular Hbond substituents is 1. The molecule has 0 radical (unpaired) electrons. The fraction of sp³-hybridized carbons (Fsp3) is 0.190. The molecule has 1 aliphatic rings. The van der Waals surface area contributed by atoms with Gasteiger partial charge in [-0.2, -0.15) is 0 Å². The van der Waals surface area contributed by atoms with Crippen LogP contribution in [-0.4, -0.2) is 39.3 Å². The minimum Gasteiger partial charge on any atom is -0.504 e. The van der Waals surface area contributed by atoms with Crippen molar-refractivity contribution in [3.63, 3.8) is 0 Å². The number of ether oxygens (including phenoxy) is 1. The summed E-state index contributed by atoms with van der Waals surface area (Å²) in [5.74, 6) is -0.277. The SMILES string of the molecule is CCOc1cc(/C=C2\SC(=S)N(CC(=O)Nc3cccc(C)c3)C2=O)ccc1O. The second-order valence-corrected chi connectivity index (χ2v) is 8.02. The molecule has 8 heteroatoms. The molecular weight excluding hydrogens is 408 g/mol. The van der Waals surface area contributed by atoms with Crippen LogP contribution in [0.3, 0.4) is 0 Å². The lowest BCUT2D eigenvalue weighted by Gasteiger charge is -2.14. The molecule has 0 unspecified atom stereocenters. The predicted octanol–water partition coefficient (Wildman–Crippen LogP) is 3.94. The number of nitrogens with one attached hydrogen (secondary N) is 1. The number of hydrogen-bond donors (Lipinski definition) is 2. The molecule has 0 bridgehead atoms. The smallest absolute Gasteiger partial charge is 0.266 e. The molecule has 1 heterocycles. The van der Waals surface area contributed by atoms with Crippen molar-refractivity contribution in [3.8, 4) is 11.5 Å². The summed E-state index contributed by atoms with van der Waals surface area (Å²) in [6, 6.07) is 12.3. The molecule has 0 aliphatic carbocycles. The summed E-state index contributed by atoms with van der Waals surface area (Å²) in [6.45, 7) is 4.01. The van der Waals surface area contributed by atoms with Gasteiger partial charge in [0.2, 0.25) is 5.91 Å². The summed E-state index contributed by atoms with van der Waals surface area (Å²) >= 11 is 6.42. The summed E-state index contributed by atoms with van der Waals surface area (Å²) in [5, 5.41) is 12.6. The van der Waals surface area contributed by atoms with Crippen LogP contribution >= 0.6 is 24.0 Å². The first-order valence-corrected chi connectivity index (χ1v) is 10.2. The van der Waals surface area contributed by atoms with Crippen LogP contribution in [0.1, 0.15) is 18.1 Å². The number of thiocarbonyl (C=S) groups is 1. The van der Waals surface area contributed by atoms with Gasteiger partial charge < -0.3 is 15.2 Å². The van der Waals surface area contributed by atoms with Crippen molar-refractivity contribution in [1.29, 1.82) is 0 Å². The van der Waals surface area contributed by atoms with E-state index in [2.05, 4.69) is 5.32 Å². The van der Waals surface area contributed by atoms with Gasteiger partial charge in [-0.25, -0.2) is 0 Å². The molecule has 29 heavy (non-hydrogen) atoms. The zero-order chi connectivity index (χ0) is 21.0. The van der Waals surface area contributed by atoms with E-state index < -0.39 is 0 Å². The van der Waals surface area contributed by atoms with Crippen LogP contribution in [0.15, 0.2) is 47.4 Å². The number of amides is 2. The fourth-order valence-electron chi connectivity index (χ4n) is 2.75. The van der Waals surface area contributed by atoms with Gasteiger partial charge in [-0.3, -0.25) is 14.5 Å². The number of aryl methyl sites for hydroxylation is 1. The highest BCUT2D eigenvalue weighted by Gasteiger charge is 2.33. The molecule has 3 rings (SSSR count). The largest absolute Gasteiger partial charge is 0.504 e. The number of carbonyl (C=O) groups is 2. The van der Waals surface area contributed by atoms with Gasteiger partial charge >= 0.3 is 0 Å². The van der Waals surface area contributed by atoms with Crippen molar-refractivity contribution in [2.75, 3.05) is 18.5 Å². The van der Waals surface area contributed by atoms with Crippen LogP contribution in [0.2, 0.25) is 0 Å². The number of thioether (sulfide) groups is 1. The van der Waals surface area contributed by atoms with E-state index in [0.29, 0.717) is 32.8 Å². The second kappa shape index (κ2) is 9.11. The highest BCUT2D eigenvalue weighted by molar-refractivity contribution is 8.26. The highest BCUT2D eigenvalue weighted by atomic mass is 32.2. The minimum atomic E-state index is -0.328. The van der Waals surface area contributed by atoms with E-state index in [1.54, 1.807) is 24.3 Å². The average molecular weight is 429 g/mol. The first-order valence-electron chi connectivity index (χ1n) is 8.95. The molecule has 0 saturated carbocycles. The molecule has 0 spiro atoms. The monoisotopic (exact) mass is 428 g/mol. The zero-order valence-electron chi connectivity index (χ0n) is 16.0. The first-order chi connectivity index (χ1) is 13.9. The van der Waals surface area contributed by atoms with Crippen molar-refractivity contribution in [2.45, 2.75) is 13.8 Å². The summed E-state index contributed by atoms with van der Waals surface area (Å²) in [4.78, 5) is 26.8. The molecule has 6 nitrogen and oxygen atoms in total. The summed E-state index contributed by atoms with van der Waals surface area (Å²) in [6.07, 6.45) is 1.67. The molecule has 2 N–H and O–H groups in total. The van der Waals surface area contributed by atoms with Gasteiger partial charge in [0.25, 0.3) is 5.91 Å². The number of nitrogens with zero attached hydrogens (tertiary/aromatic N) is 1. The van der Waals surface area contributed by atoms with Crippen LogP contribution in [0.25, 0.3) is 6.08 Å². The average Bonchev–Trinajstić information content (AvgIpc) is 2.92. The van der Waals surface area contributed by atoms with Crippen molar-refractivity contribution in [1.82, 2.24) is 4.90 Å². The van der Waals surface area contributed by atoms with Crippen LogP contribution in [0.5, 0.6) is 11.5 Å². The van der Waals surface area contributed by atoms with Crippen molar-refractivity contribution in [3.05, 3.63) is 58.5 Å². The Hall–Kier alpha value is -2.84. The number of benzene rings is 2. The Kier molecular flexibility index (Phi) is 6.56. The van der Waals surface area contributed by atoms with E-state index >= 15 is 0 Å². The van der Waals surface area contributed by atoms with Crippen molar-refractivity contribution in [2.24, 2.45) is 0 Å². The number of rotatable bonds is 6. The van der Waals surface area contributed by atoms with Gasteiger partial charge in [-0.05, 0) is 55.3 Å².